The number of hydrazine groups is 1. The molecule has 2 fully saturated rings. The van der Waals surface area contributed by atoms with Crippen LogP contribution < -0.4 is 0 Å². The summed E-state index contributed by atoms with van der Waals surface area (Å²) in [5.41, 5.74) is 0. The fraction of sp³-hybridized carbons (Fsp3) is 1.00. The van der Waals surface area contributed by atoms with Gasteiger partial charge in [-0.05, 0) is 19.8 Å². The topological polar surface area (TPSA) is 26.7 Å². The first-order chi connectivity index (χ1) is 5.20. The molecule has 3 heteroatoms. The van der Waals surface area contributed by atoms with E-state index in [1.54, 1.807) is 0 Å². The lowest BCUT2D eigenvalue weighted by atomic mass is 9.96. The van der Waals surface area contributed by atoms with Crippen LogP contribution in [0.15, 0.2) is 0 Å². The van der Waals surface area contributed by atoms with Gasteiger partial charge in [0.1, 0.15) is 6.23 Å². The fourth-order valence-electron chi connectivity index (χ4n) is 2.26. The highest BCUT2D eigenvalue weighted by Crippen LogP contribution is 2.33. The number of fused-ring (bicyclic) bond motifs is 2. The van der Waals surface area contributed by atoms with E-state index in [9.17, 15) is 5.11 Å². The van der Waals surface area contributed by atoms with Crippen LogP contribution in [0.5, 0.6) is 0 Å². The lowest BCUT2D eigenvalue weighted by Crippen LogP contribution is -2.42. The minimum Gasteiger partial charge on any atom is -0.377 e. The first-order valence-electron chi connectivity index (χ1n) is 4.37. The molecule has 2 bridgehead atoms. The molecule has 1 N–H and O–H groups in total. The zero-order chi connectivity index (χ0) is 8.01. The van der Waals surface area contributed by atoms with Gasteiger partial charge in [0.25, 0.3) is 0 Å². The quantitative estimate of drug-likeness (QED) is 0.545. The van der Waals surface area contributed by atoms with Gasteiger partial charge >= 0.3 is 0 Å². The average molecular weight is 156 g/mol. The van der Waals surface area contributed by atoms with E-state index in [-0.39, 0.29) is 6.23 Å². The van der Waals surface area contributed by atoms with Crippen LogP contribution in [0.4, 0.5) is 0 Å². The molecule has 0 amide bonds. The summed E-state index contributed by atoms with van der Waals surface area (Å²) in [6.07, 6.45) is 2.19. The molecule has 0 aromatic heterocycles. The van der Waals surface area contributed by atoms with Crippen molar-refractivity contribution in [3.8, 4) is 0 Å². The van der Waals surface area contributed by atoms with Crippen molar-refractivity contribution >= 4 is 0 Å². The van der Waals surface area contributed by atoms with Crippen LogP contribution in [0.25, 0.3) is 0 Å². The van der Waals surface area contributed by atoms with Gasteiger partial charge in [-0.25, -0.2) is 10.0 Å². The third kappa shape index (κ3) is 0.991. The summed E-state index contributed by atoms with van der Waals surface area (Å²) in [4.78, 5) is 0. The maximum Gasteiger partial charge on any atom is 0.123 e. The Kier molecular flexibility index (Phi) is 1.67. The van der Waals surface area contributed by atoms with Crippen LogP contribution in [-0.4, -0.2) is 41.0 Å². The van der Waals surface area contributed by atoms with Crippen molar-refractivity contribution in [2.45, 2.75) is 32.0 Å². The summed E-state index contributed by atoms with van der Waals surface area (Å²) in [7, 11) is 1.98. The second-order valence-electron chi connectivity index (χ2n) is 3.80. The zero-order valence-corrected chi connectivity index (χ0v) is 7.20. The van der Waals surface area contributed by atoms with Crippen molar-refractivity contribution in [1.82, 2.24) is 10.0 Å². The number of aliphatic hydroxyl groups is 1. The smallest absolute Gasteiger partial charge is 0.123 e. The third-order valence-corrected chi connectivity index (χ3v) is 3.10. The first-order valence-corrected chi connectivity index (χ1v) is 4.37. The van der Waals surface area contributed by atoms with E-state index in [1.165, 1.54) is 12.8 Å². The van der Waals surface area contributed by atoms with E-state index in [1.807, 2.05) is 12.1 Å². The van der Waals surface area contributed by atoms with Gasteiger partial charge in [0.2, 0.25) is 0 Å². The number of hydrogen-bond acceptors (Lipinski definition) is 3. The van der Waals surface area contributed by atoms with E-state index < -0.39 is 0 Å². The lowest BCUT2D eigenvalue weighted by molar-refractivity contribution is -0.0780. The molecule has 2 aliphatic heterocycles. The van der Waals surface area contributed by atoms with Crippen molar-refractivity contribution in [2.24, 2.45) is 5.92 Å². The highest BCUT2D eigenvalue weighted by molar-refractivity contribution is 4.86. The molecule has 4 atom stereocenters. The van der Waals surface area contributed by atoms with Crippen molar-refractivity contribution < 1.29 is 5.11 Å². The molecule has 2 rings (SSSR count). The number of piperidine rings is 1. The van der Waals surface area contributed by atoms with Gasteiger partial charge in [0.15, 0.2) is 0 Å². The average Bonchev–Trinajstić information content (AvgIpc) is 2.24. The maximum atomic E-state index is 9.67. The molecule has 0 spiro atoms. The van der Waals surface area contributed by atoms with Crippen molar-refractivity contribution in [2.75, 3.05) is 13.6 Å². The number of hydrogen-bond donors (Lipinski definition) is 1. The predicted molar refractivity (Wildman–Crippen MR) is 42.7 cm³/mol. The Hall–Kier alpha value is -0.120. The van der Waals surface area contributed by atoms with Gasteiger partial charge in [-0.1, -0.05) is 0 Å². The Bertz CT molecular complexity index is 162. The standard InChI is InChI=1S/C8H16N2O/c1-6-3-4-7-5-10(6)9(2)8(7)11/h6-8,11H,3-5H2,1-2H3. The molecule has 0 aromatic rings. The second kappa shape index (κ2) is 2.44. The summed E-state index contributed by atoms with van der Waals surface area (Å²) in [5, 5.41) is 13.9. The van der Waals surface area contributed by atoms with Crippen LogP contribution in [0.2, 0.25) is 0 Å². The SMILES string of the molecule is CC1CCC2CN1N(C)C2O. The first kappa shape index (κ1) is 7.53. The van der Waals surface area contributed by atoms with Crippen molar-refractivity contribution in [3.05, 3.63) is 0 Å². The summed E-state index contributed by atoms with van der Waals surface area (Å²) in [5.74, 6) is 0.496. The molecule has 11 heavy (non-hydrogen) atoms. The fourth-order valence-corrected chi connectivity index (χ4v) is 2.26. The van der Waals surface area contributed by atoms with E-state index in [4.69, 9.17) is 0 Å². The zero-order valence-electron chi connectivity index (χ0n) is 7.20. The molecular formula is C8H16N2O. The van der Waals surface area contributed by atoms with Crippen LogP contribution in [0.1, 0.15) is 19.8 Å². The van der Waals surface area contributed by atoms with Gasteiger partial charge in [-0.3, -0.25) is 0 Å². The molecular weight excluding hydrogens is 140 g/mol. The Labute approximate surface area is 67.6 Å². The van der Waals surface area contributed by atoms with Gasteiger partial charge < -0.3 is 5.11 Å². The van der Waals surface area contributed by atoms with Crippen molar-refractivity contribution in [1.29, 1.82) is 0 Å². The van der Waals surface area contributed by atoms with Gasteiger partial charge in [-0.2, -0.15) is 0 Å². The van der Waals surface area contributed by atoms with E-state index in [0.717, 1.165) is 6.54 Å². The second-order valence-corrected chi connectivity index (χ2v) is 3.80. The molecule has 4 unspecified atom stereocenters. The van der Waals surface area contributed by atoms with Crippen LogP contribution in [0.3, 0.4) is 0 Å². The summed E-state index contributed by atoms with van der Waals surface area (Å²) >= 11 is 0. The minimum atomic E-state index is -0.222. The Morgan fingerprint density at radius 3 is 2.73 bits per heavy atom. The molecule has 0 radical (unpaired) electrons. The highest BCUT2D eigenvalue weighted by Gasteiger charge is 2.41. The molecule has 0 aromatic carbocycles. The van der Waals surface area contributed by atoms with Crippen LogP contribution in [0, 0.1) is 5.92 Å². The van der Waals surface area contributed by atoms with Crippen LogP contribution in [-0.2, 0) is 0 Å². The lowest BCUT2D eigenvalue weighted by Gasteiger charge is -2.31. The molecule has 0 saturated carbocycles. The van der Waals surface area contributed by atoms with E-state index >= 15 is 0 Å². The highest BCUT2D eigenvalue weighted by atomic mass is 16.3. The van der Waals surface area contributed by atoms with E-state index in [2.05, 4.69) is 11.9 Å². The molecule has 0 aliphatic carbocycles. The normalized spacial score (nSPS) is 51.5. The third-order valence-electron chi connectivity index (χ3n) is 3.10. The Balaban J connectivity index is 2.16. The minimum absolute atomic E-state index is 0.222. The maximum absolute atomic E-state index is 9.67. The number of rotatable bonds is 0. The summed E-state index contributed by atoms with van der Waals surface area (Å²) < 4.78 is 0. The number of nitrogens with zero attached hydrogens (tertiary/aromatic N) is 2. The Morgan fingerprint density at radius 2 is 2.09 bits per heavy atom. The summed E-state index contributed by atoms with van der Waals surface area (Å²) in [6, 6.07) is 0.619. The van der Waals surface area contributed by atoms with Gasteiger partial charge in [-0.15, -0.1) is 0 Å². The molecule has 3 nitrogen and oxygen atoms in total. The summed E-state index contributed by atoms with van der Waals surface area (Å²) in [6.45, 7) is 3.28. The molecule has 64 valence electrons. The monoisotopic (exact) mass is 156 g/mol. The van der Waals surface area contributed by atoms with Gasteiger partial charge in [0.05, 0.1) is 0 Å². The largest absolute Gasteiger partial charge is 0.377 e. The van der Waals surface area contributed by atoms with Crippen molar-refractivity contribution in [3.63, 3.8) is 0 Å². The van der Waals surface area contributed by atoms with E-state index in [0.29, 0.717) is 12.0 Å². The van der Waals surface area contributed by atoms with Gasteiger partial charge in [0, 0.05) is 25.6 Å². The molecule has 2 saturated heterocycles. The molecule has 2 aliphatic rings. The predicted octanol–water partition coefficient (Wildman–Crippen LogP) is 0.266. The molecule has 2 heterocycles. The van der Waals surface area contributed by atoms with Crippen LogP contribution >= 0.6 is 0 Å². The number of aliphatic hydroxyl groups excluding tert-OH is 1. The Morgan fingerprint density at radius 1 is 1.36 bits per heavy atom.